The number of fused-ring (bicyclic) bond motifs is 1. The van der Waals surface area contributed by atoms with Gasteiger partial charge in [-0.05, 0) is 30.2 Å². The predicted molar refractivity (Wildman–Crippen MR) is 89.0 cm³/mol. The Bertz CT molecular complexity index is 747. The van der Waals surface area contributed by atoms with E-state index in [0.29, 0.717) is 5.92 Å². The third-order valence-corrected chi connectivity index (χ3v) is 4.21. The zero-order chi connectivity index (χ0) is 14.8. The predicted octanol–water partition coefficient (Wildman–Crippen LogP) is 5.25. The van der Waals surface area contributed by atoms with Gasteiger partial charge in [-0.1, -0.05) is 55.8 Å². The zero-order valence-corrected chi connectivity index (χ0v) is 13.1. The first-order valence-corrected chi connectivity index (χ1v) is 7.76. The van der Waals surface area contributed by atoms with Crippen molar-refractivity contribution in [1.82, 2.24) is 9.55 Å². The molecule has 0 saturated carbocycles. The van der Waals surface area contributed by atoms with Gasteiger partial charge in [0.25, 0.3) is 0 Å². The number of benzene rings is 2. The minimum atomic E-state index is 0.430. The van der Waals surface area contributed by atoms with E-state index in [1.807, 2.05) is 24.3 Å². The van der Waals surface area contributed by atoms with Crippen LogP contribution in [0.5, 0.6) is 0 Å². The lowest BCUT2D eigenvalue weighted by Gasteiger charge is -2.13. The van der Waals surface area contributed by atoms with Gasteiger partial charge in [0.2, 0.25) is 0 Å². The quantitative estimate of drug-likeness (QED) is 0.643. The summed E-state index contributed by atoms with van der Waals surface area (Å²) in [6.07, 6.45) is 1.08. The maximum atomic E-state index is 6.18. The van der Waals surface area contributed by atoms with Gasteiger partial charge in [0, 0.05) is 17.5 Å². The highest BCUT2D eigenvalue weighted by Crippen LogP contribution is 2.27. The SMILES string of the molecule is CCC(C)c1nc2ccc(Cl)cc2n1Cc1ccccc1. The Balaban J connectivity index is 2.14. The maximum Gasteiger partial charge on any atom is 0.113 e. The highest BCUT2D eigenvalue weighted by Gasteiger charge is 2.15. The topological polar surface area (TPSA) is 17.8 Å². The molecular weight excluding hydrogens is 280 g/mol. The summed E-state index contributed by atoms with van der Waals surface area (Å²) in [4.78, 5) is 4.83. The zero-order valence-electron chi connectivity index (χ0n) is 12.4. The summed E-state index contributed by atoms with van der Waals surface area (Å²) in [5, 5.41) is 0.757. The van der Waals surface area contributed by atoms with E-state index in [9.17, 15) is 0 Å². The molecule has 0 spiro atoms. The standard InChI is InChI=1S/C18H19ClN2/c1-3-13(2)18-20-16-10-9-15(19)11-17(16)21(18)12-14-7-5-4-6-8-14/h4-11,13H,3,12H2,1-2H3. The molecule has 108 valence electrons. The summed E-state index contributed by atoms with van der Waals surface area (Å²) in [5.74, 6) is 1.57. The van der Waals surface area contributed by atoms with Crippen molar-refractivity contribution in [3.63, 3.8) is 0 Å². The van der Waals surface area contributed by atoms with Crippen LogP contribution >= 0.6 is 11.6 Å². The molecule has 0 fully saturated rings. The van der Waals surface area contributed by atoms with E-state index >= 15 is 0 Å². The van der Waals surface area contributed by atoms with Crippen molar-refractivity contribution < 1.29 is 0 Å². The van der Waals surface area contributed by atoms with Crippen molar-refractivity contribution in [1.29, 1.82) is 0 Å². The average molecular weight is 299 g/mol. The van der Waals surface area contributed by atoms with Crippen molar-refractivity contribution >= 4 is 22.6 Å². The molecule has 1 heterocycles. The van der Waals surface area contributed by atoms with Crippen LogP contribution in [0.4, 0.5) is 0 Å². The van der Waals surface area contributed by atoms with Crippen LogP contribution in [0.3, 0.4) is 0 Å². The molecule has 1 aromatic heterocycles. The summed E-state index contributed by atoms with van der Waals surface area (Å²) in [5.41, 5.74) is 3.41. The van der Waals surface area contributed by atoms with Gasteiger partial charge in [0.15, 0.2) is 0 Å². The van der Waals surface area contributed by atoms with Gasteiger partial charge in [-0.2, -0.15) is 0 Å². The molecular formula is C18H19ClN2. The van der Waals surface area contributed by atoms with Gasteiger partial charge in [-0.15, -0.1) is 0 Å². The van der Waals surface area contributed by atoms with Crippen molar-refractivity contribution in [2.24, 2.45) is 0 Å². The first kappa shape index (κ1) is 14.2. The van der Waals surface area contributed by atoms with Crippen LogP contribution in [0.15, 0.2) is 48.5 Å². The fourth-order valence-corrected chi connectivity index (χ4v) is 2.77. The third kappa shape index (κ3) is 2.81. The van der Waals surface area contributed by atoms with Crippen LogP contribution in [-0.2, 0) is 6.54 Å². The van der Waals surface area contributed by atoms with Gasteiger partial charge >= 0.3 is 0 Å². The molecule has 3 aromatic rings. The molecule has 0 aliphatic heterocycles. The smallest absolute Gasteiger partial charge is 0.113 e. The Hall–Kier alpha value is -1.80. The van der Waals surface area contributed by atoms with Crippen LogP contribution < -0.4 is 0 Å². The van der Waals surface area contributed by atoms with E-state index in [4.69, 9.17) is 16.6 Å². The Kier molecular flexibility index (Phi) is 3.98. The van der Waals surface area contributed by atoms with Crippen molar-refractivity contribution in [2.75, 3.05) is 0 Å². The summed E-state index contributed by atoms with van der Waals surface area (Å²) in [7, 11) is 0. The Morgan fingerprint density at radius 1 is 1.14 bits per heavy atom. The Labute approximate surface area is 130 Å². The van der Waals surface area contributed by atoms with E-state index < -0.39 is 0 Å². The maximum absolute atomic E-state index is 6.18. The molecule has 3 rings (SSSR count). The summed E-state index contributed by atoms with van der Waals surface area (Å²) >= 11 is 6.18. The number of hydrogen-bond donors (Lipinski definition) is 0. The van der Waals surface area contributed by atoms with Crippen molar-refractivity contribution in [2.45, 2.75) is 32.7 Å². The fourth-order valence-electron chi connectivity index (χ4n) is 2.61. The van der Waals surface area contributed by atoms with Crippen LogP contribution in [0.25, 0.3) is 11.0 Å². The Morgan fingerprint density at radius 3 is 2.62 bits per heavy atom. The first-order chi connectivity index (χ1) is 10.2. The van der Waals surface area contributed by atoms with Gasteiger partial charge in [0.1, 0.15) is 5.82 Å². The number of aromatic nitrogens is 2. The lowest BCUT2D eigenvalue weighted by Crippen LogP contribution is -2.07. The van der Waals surface area contributed by atoms with E-state index in [-0.39, 0.29) is 0 Å². The summed E-state index contributed by atoms with van der Waals surface area (Å²) in [6.45, 7) is 5.26. The van der Waals surface area contributed by atoms with Crippen LogP contribution in [0, 0.1) is 0 Å². The van der Waals surface area contributed by atoms with E-state index in [0.717, 1.165) is 34.8 Å². The minimum absolute atomic E-state index is 0.430. The number of rotatable bonds is 4. The van der Waals surface area contributed by atoms with Crippen molar-refractivity contribution in [3.8, 4) is 0 Å². The second-order valence-corrected chi connectivity index (χ2v) is 5.92. The lowest BCUT2D eigenvalue weighted by atomic mass is 10.1. The first-order valence-electron chi connectivity index (χ1n) is 7.38. The highest BCUT2D eigenvalue weighted by atomic mass is 35.5. The monoisotopic (exact) mass is 298 g/mol. The number of nitrogens with zero attached hydrogens (tertiary/aromatic N) is 2. The third-order valence-electron chi connectivity index (χ3n) is 3.98. The van der Waals surface area contributed by atoms with Gasteiger partial charge in [-0.25, -0.2) is 4.98 Å². The molecule has 1 atom stereocenters. The number of halogens is 1. The second-order valence-electron chi connectivity index (χ2n) is 5.48. The van der Waals surface area contributed by atoms with Crippen LogP contribution in [0.1, 0.15) is 37.6 Å². The second kappa shape index (κ2) is 5.90. The molecule has 0 amide bonds. The van der Waals surface area contributed by atoms with Gasteiger partial charge in [0.05, 0.1) is 11.0 Å². The molecule has 0 radical (unpaired) electrons. The average Bonchev–Trinajstić information content (AvgIpc) is 2.86. The minimum Gasteiger partial charge on any atom is -0.323 e. The normalized spacial score (nSPS) is 12.7. The molecule has 3 heteroatoms. The van der Waals surface area contributed by atoms with E-state index in [2.05, 4.69) is 42.7 Å². The number of hydrogen-bond acceptors (Lipinski definition) is 1. The van der Waals surface area contributed by atoms with Gasteiger partial charge in [-0.3, -0.25) is 0 Å². The summed E-state index contributed by atoms with van der Waals surface area (Å²) < 4.78 is 2.30. The van der Waals surface area contributed by atoms with E-state index in [1.54, 1.807) is 0 Å². The molecule has 2 nitrogen and oxygen atoms in total. The molecule has 21 heavy (non-hydrogen) atoms. The lowest BCUT2D eigenvalue weighted by molar-refractivity contribution is 0.627. The molecule has 0 aliphatic rings. The highest BCUT2D eigenvalue weighted by molar-refractivity contribution is 6.31. The van der Waals surface area contributed by atoms with Crippen LogP contribution in [-0.4, -0.2) is 9.55 Å². The van der Waals surface area contributed by atoms with Crippen LogP contribution in [0.2, 0.25) is 5.02 Å². The molecule has 2 aromatic carbocycles. The Morgan fingerprint density at radius 2 is 1.90 bits per heavy atom. The molecule has 1 unspecified atom stereocenters. The van der Waals surface area contributed by atoms with Crippen molar-refractivity contribution in [3.05, 3.63) is 64.9 Å². The van der Waals surface area contributed by atoms with E-state index in [1.165, 1.54) is 5.56 Å². The molecule has 0 saturated heterocycles. The van der Waals surface area contributed by atoms with Gasteiger partial charge < -0.3 is 4.57 Å². The molecule has 0 aliphatic carbocycles. The summed E-state index contributed by atoms with van der Waals surface area (Å²) in [6, 6.07) is 16.4. The number of imidazole rings is 1. The fraction of sp³-hybridized carbons (Fsp3) is 0.278. The molecule has 0 N–H and O–H groups in total. The molecule has 0 bridgehead atoms. The largest absolute Gasteiger partial charge is 0.323 e.